The number of benzene rings is 1. The van der Waals surface area contributed by atoms with Crippen molar-refractivity contribution in [3.05, 3.63) is 41.7 Å². The molecule has 1 aliphatic heterocycles. The first kappa shape index (κ1) is 17.3. The summed E-state index contributed by atoms with van der Waals surface area (Å²) in [7, 11) is 2.09. The van der Waals surface area contributed by atoms with Crippen LogP contribution in [-0.2, 0) is 17.8 Å². The van der Waals surface area contributed by atoms with Crippen molar-refractivity contribution < 1.29 is 4.74 Å². The van der Waals surface area contributed by atoms with Gasteiger partial charge in [-0.15, -0.1) is 0 Å². The third-order valence-corrected chi connectivity index (χ3v) is 5.00. The van der Waals surface area contributed by atoms with Crippen molar-refractivity contribution in [1.29, 1.82) is 0 Å². The molecule has 26 heavy (non-hydrogen) atoms. The van der Waals surface area contributed by atoms with Crippen molar-refractivity contribution in [1.82, 2.24) is 23.6 Å². The fourth-order valence-electron chi connectivity index (χ4n) is 3.14. The molecule has 1 aromatic carbocycles. The van der Waals surface area contributed by atoms with E-state index in [1.54, 1.807) is 0 Å². The molecule has 0 amide bonds. The summed E-state index contributed by atoms with van der Waals surface area (Å²) in [6, 6.07) is 6.23. The summed E-state index contributed by atoms with van der Waals surface area (Å²) in [4.78, 5) is 11.1. The van der Waals surface area contributed by atoms with Gasteiger partial charge in [0, 0.05) is 44.2 Å². The van der Waals surface area contributed by atoms with E-state index in [9.17, 15) is 0 Å². The van der Waals surface area contributed by atoms with Crippen molar-refractivity contribution in [3.63, 3.8) is 0 Å². The predicted octanol–water partition coefficient (Wildman–Crippen LogP) is 2.70. The molecule has 2 aromatic heterocycles. The number of rotatable bonds is 7. The quantitative estimate of drug-likeness (QED) is 0.685. The third-order valence-electron chi connectivity index (χ3n) is 4.44. The first-order valence-corrected chi connectivity index (χ1v) is 9.55. The van der Waals surface area contributed by atoms with Gasteiger partial charge in [0.25, 0.3) is 0 Å². The van der Waals surface area contributed by atoms with Crippen molar-refractivity contribution in [3.8, 4) is 0 Å². The molecule has 0 bridgehead atoms. The lowest BCUT2D eigenvalue weighted by molar-refractivity contribution is 0.120. The van der Waals surface area contributed by atoms with Crippen LogP contribution in [0.1, 0.15) is 24.0 Å². The van der Waals surface area contributed by atoms with Gasteiger partial charge in [-0.05, 0) is 37.6 Å². The van der Waals surface area contributed by atoms with Crippen LogP contribution in [0.3, 0.4) is 0 Å². The summed E-state index contributed by atoms with van der Waals surface area (Å²) in [5, 5.41) is 3.25. The van der Waals surface area contributed by atoms with Gasteiger partial charge in [0.15, 0.2) is 0 Å². The molecule has 1 saturated heterocycles. The molecule has 1 fully saturated rings. The molecule has 3 aromatic rings. The van der Waals surface area contributed by atoms with Crippen molar-refractivity contribution >= 4 is 28.7 Å². The van der Waals surface area contributed by atoms with Gasteiger partial charge in [-0.1, -0.05) is 6.07 Å². The smallest absolute Gasteiger partial charge is 0.222 e. The fraction of sp³-hybridized carbons (Fsp3) is 0.444. The standard InChI is InChI=1S/C18H22N6OS/c1-24(11-13-4-5-16-17(7-13)23-26-22-16)12-14-8-19-18(20-9-14)21-10-15-3-2-6-25-15/h4-5,7-9,15H,2-3,6,10-12H2,1H3,(H,19,20,21)/t15-/m1/s1. The highest BCUT2D eigenvalue weighted by molar-refractivity contribution is 7.00. The SMILES string of the molecule is CN(Cc1cnc(NC[C@H]2CCCO2)nc1)Cc1ccc2nsnc2c1. The average Bonchev–Trinajstić information content (AvgIpc) is 3.32. The Hall–Kier alpha value is -2.16. The van der Waals surface area contributed by atoms with E-state index in [0.29, 0.717) is 5.95 Å². The van der Waals surface area contributed by atoms with Crippen LogP contribution in [0.15, 0.2) is 30.6 Å². The topological polar surface area (TPSA) is 76.1 Å². The molecular weight excluding hydrogens is 348 g/mol. The van der Waals surface area contributed by atoms with Crippen LogP contribution in [0.4, 0.5) is 5.95 Å². The molecule has 1 N–H and O–H groups in total. The minimum absolute atomic E-state index is 0.287. The van der Waals surface area contributed by atoms with Crippen molar-refractivity contribution in [2.75, 3.05) is 25.5 Å². The van der Waals surface area contributed by atoms with Gasteiger partial charge < -0.3 is 10.1 Å². The Balaban J connectivity index is 1.29. The Bertz CT molecular complexity index is 846. The molecule has 3 heterocycles. The van der Waals surface area contributed by atoms with Crippen molar-refractivity contribution in [2.45, 2.75) is 32.0 Å². The van der Waals surface area contributed by atoms with E-state index < -0.39 is 0 Å². The Morgan fingerprint density at radius 2 is 1.96 bits per heavy atom. The molecule has 0 radical (unpaired) electrons. The van der Waals surface area contributed by atoms with Gasteiger partial charge in [0.05, 0.1) is 17.8 Å². The zero-order chi connectivity index (χ0) is 17.8. The summed E-state index contributed by atoms with van der Waals surface area (Å²) in [5.74, 6) is 0.661. The molecule has 0 saturated carbocycles. The summed E-state index contributed by atoms with van der Waals surface area (Å²) in [5.41, 5.74) is 4.24. The predicted molar refractivity (Wildman–Crippen MR) is 102 cm³/mol. The van der Waals surface area contributed by atoms with E-state index >= 15 is 0 Å². The molecule has 0 spiro atoms. The molecule has 1 aliphatic rings. The zero-order valence-electron chi connectivity index (χ0n) is 14.8. The van der Waals surface area contributed by atoms with Crippen molar-refractivity contribution in [2.24, 2.45) is 0 Å². The lowest BCUT2D eigenvalue weighted by atomic mass is 10.2. The highest BCUT2D eigenvalue weighted by Crippen LogP contribution is 2.16. The van der Waals surface area contributed by atoms with E-state index in [1.165, 1.54) is 17.3 Å². The van der Waals surface area contributed by atoms with E-state index in [2.05, 4.69) is 48.1 Å². The van der Waals surface area contributed by atoms with Crippen LogP contribution >= 0.6 is 11.7 Å². The maximum Gasteiger partial charge on any atom is 0.222 e. The number of aromatic nitrogens is 4. The van der Waals surface area contributed by atoms with Crippen LogP contribution in [0.5, 0.6) is 0 Å². The summed E-state index contributed by atoms with van der Waals surface area (Å²) in [6.07, 6.45) is 6.31. The highest BCUT2D eigenvalue weighted by atomic mass is 32.1. The van der Waals surface area contributed by atoms with E-state index in [4.69, 9.17) is 4.74 Å². The summed E-state index contributed by atoms with van der Waals surface area (Å²) in [6.45, 7) is 3.27. The third kappa shape index (κ3) is 4.32. The fourth-order valence-corrected chi connectivity index (χ4v) is 3.66. The van der Waals surface area contributed by atoms with Crippen LogP contribution in [0, 0.1) is 0 Å². The van der Waals surface area contributed by atoms with Crippen LogP contribution in [-0.4, -0.2) is 49.9 Å². The lowest BCUT2D eigenvalue weighted by Gasteiger charge is -2.16. The minimum atomic E-state index is 0.287. The van der Waals surface area contributed by atoms with Gasteiger partial charge >= 0.3 is 0 Å². The van der Waals surface area contributed by atoms with Gasteiger partial charge in [-0.25, -0.2) is 9.97 Å². The number of hydrogen-bond donors (Lipinski definition) is 1. The Kier molecular flexibility index (Phi) is 5.33. The number of nitrogens with zero attached hydrogens (tertiary/aromatic N) is 5. The number of ether oxygens (including phenoxy) is 1. The van der Waals surface area contributed by atoms with E-state index in [0.717, 1.165) is 55.7 Å². The highest BCUT2D eigenvalue weighted by Gasteiger charge is 2.15. The van der Waals surface area contributed by atoms with E-state index in [-0.39, 0.29) is 6.10 Å². The molecule has 8 heteroatoms. The first-order valence-electron chi connectivity index (χ1n) is 8.82. The summed E-state index contributed by atoms with van der Waals surface area (Å²) >= 11 is 1.25. The second kappa shape index (κ2) is 8.03. The molecule has 4 rings (SSSR count). The molecule has 0 unspecified atom stereocenters. The first-order chi connectivity index (χ1) is 12.8. The molecule has 0 aliphatic carbocycles. The number of anilines is 1. The second-order valence-corrected chi connectivity index (χ2v) is 7.22. The normalized spacial score (nSPS) is 17.2. The molecular formula is C18H22N6OS. The Morgan fingerprint density at radius 3 is 2.77 bits per heavy atom. The lowest BCUT2D eigenvalue weighted by Crippen LogP contribution is -2.20. The van der Waals surface area contributed by atoms with Gasteiger partial charge in [-0.2, -0.15) is 8.75 Å². The minimum Gasteiger partial charge on any atom is -0.376 e. The maximum absolute atomic E-state index is 5.60. The maximum atomic E-state index is 5.60. The van der Waals surface area contributed by atoms with Gasteiger partial charge in [0.1, 0.15) is 11.0 Å². The molecule has 136 valence electrons. The summed E-state index contributed by atoms with van der Waals surface area (Å²) < 4.78 is 14.1. The molecule has 1 atom stereocenters. The van der Waals surface area contributed by atoms with Crippen LogP contribution in [0.25, 0.3) is 11.0 Å². The largest absolute Gasteiger partial charge is 0.376 e. The number of fused-ring (bicyclic) bond motifs is 1. The van der Waals surface area contributed by atoms with Gasteiger partial charge in [-0.3, -0.25) is 4.90 Å². The Morgan fingerprint density at radius 1 is 1.15 bits per heavy atom. The number of hydrogen-bond acceptors (Lipinski definition) is 8. The van der Waals surface area contributed by atoms with Gasteiger partial charge in [0.2, 0.25) is 5.95 Å². The van der Waals surface area contributed by atoms with Crippen LogP contribution < -0.4 is 5.32 Å². The van der Waals surface area contributed by atoms with E-state index in [1.807, 2.05) is 18.5 Å². The monoisotopic (exact) mass is 370 g/mol. The number of nitrogens with one attached hydrogen (secondary N) is 1. The zero-order valence-corrected chi connectivity index (χ0v) is 15.6. The average molecular weight is 370 g/mol. The second-order valence-electron chi connectivity index (χ2n) is 6.69. The Labute approximate surface area is 156 Å². The van der Waals surface area contributed by atoms with Crippen LogP contribution in [0.2, 0.25) is 0 Å². The molecule has 7 nitrogen and oxygen atoms in total.